The van der Waals surface area contributed by atoms with E-state index >= 15 is 0 Å². The molecule has 1 aliphatic heterocycles. The van der Waals surface area contributed by atoms with Gasteiger partial charge in [0.05, 0.1) is 12.6 Å². The zero-order valence-electron chi connectivity index (χ0n) is 10.9. The van der Waals surface area contributed by atoms with Crippen molar-refractivity contribution >= 4 is 17.7 Å². The summed E-state index contributed by atoms with van der Waals surface area (Å²) in [5, 5.41) is 7.99. The minimum Gasteiger partial charge on any atom is -0.352 e. The number of nitrogens with one attached hydrogen (secondary N) is 3. The predicted molar refractivity (Wildman–Crippen MR) is 66.7 cm³/mol. The summed E-state index contributed by atoms with van der Waals surface area (Å²) in [7, 11) is 0. The lowest BCUT2D eigenvalue weighted by Crippen LogP contribution is -2.53. The number of hydrogen-bond acceptors (Lipinski definition) is 4. The van der Waals surface area contributed by atoms with Crippen molar-refractivity contribution < 1.29 is 14.4 Å². The topological polar surface area (TPSA) is 87.3 Å². The van der Waals surface area contributed by atoms with Gasteiger partial charge in [-0.25, -0.2) is 0 Å². The van der Waals surface area contributed by atoms with Crippen LogP contribution >= 0.6 is 0 Å². The molecule has 0 aromatic carbocycles. The van der Waals surface area contributed by atoms with E-state index in [1.807, 2.05) is 13.8 Å². The Morgan fingerprint density at radius 1 is 1.39 bits per heavy atom. The number of amides is 3. The molecule has 0 aliphatic carbocycles. The number of piperidine rings is 1. The van der Waals surface area contributed by atoms with Crippen LogP contribution in [0.1, 0.15) is 39.5 Å². The van der Waals surface area contributed by atoms with E-state index in [0.717, 1.165) is 12.8 Å². The third kappa shape index (κ3) is 4.44. The van der Waals surface area contributed by atoms with Gasteiger partial charge in [-0.15, -0.1) is 0 Å². The molecule has 102 valence electrons. The zero-order valence-corrected chi connectivity index (χ0v) is 10.9. The highest BCUT2D eigenvalue weighted by Crippen LogP contribution is 2.03. The molecular formula is C12H21N3O3. The Labute approximate surface area is 107 Å². The summed E-state index contributed by atoms with van der Waals surface area (Å²) in [6, 6.07) is -0.267. The van der Waals surface area contributed by atoms with Crippen LogP contribution in [0.5, 0.6) is 0 Å². The molecule has 1 fully saturated rings. The minimum atomic E-state index is -0.449. The van der Waals surface area contributed by atoms with E-state index in [0.29, 0.717) is 12.8 Å². The van der Waals surface area contributed by atoms with E-state index in [1.54, 1.807) is 0 Å². The molecule has 6 heteroatoms. The van der Waals surface area contributed by atoms with Gasteiger partial charge in [0.25, 0.3) is 0 Å². The van der Waals surface area contributed by atoms with Gasteiger partial charge in [-0.05, 0) is 19.3 Å². The lowest BCUT2D eigenvalue weighted by molar-refractivity contribution is -0.134. The second kappa shape index (κ2) is 7.10. The second-order valence-corrected chi connectivity index (χ2v) is 4.47. The van der Waals surface area contributed by atoms with Gasteiger partial charge in [-0.3, -0.25) is 25.0 Å². The van der Waals surface area contributed by atoms with E-state index < -0.39 is 6.04 Å². The van der Waals surface area contributed by atoms with Crippen molar-refractivity contribution in [3.8, 4) is 0 Å². The van der Waals surface area contributed by atoms with Crippen LogP contribution in [-0.4, -0.2) is 36.3 Å². The average Bonchev–Trinajstić information content (AvgIpc) is 2.35. The van der Waals surface area contributed by atoms with Crippen molar-refractivity contribution in [1.82, 2.24) is 16.0 Å². The van der Waals surface area contributed by atoms with Crippen molar-refractivity contribution in [2.45, 2.75) is 51.6 Å². The first-order valence-corrected chi connectivity index (χ1v) is 6.43. The Morgan fingerprint density at radius 2 is 2.06 bits per heavy atom. The number of carbonyl (C=O) groups is 3. The van der Waals surface area contributed by atoms with Crippen molar-refractivity contribution in [3.05, 3.63) is 0 Å². The summed E-state index contributed by atoms with van der Waals surface area (Å²) in [4.78, 5) is 34.0. The smallest absolute Gasteiger partial charge is 0.243 e. The van der Waals surface area contributed by atoms with Crippen LogP contribution in [0.15, 0.2) is 0 Å². The van der Waals surface area contributed by atoms with Crippen LogP contribution in [0.25, 0.3) is 0 Å². The first-order chi connectivity index (χ1) is 8.56. The van der Waals surface area contributed by atoms with Crippen LogP contribution < -0.4 is 16.0 Å². The summed E-state index contributed by atoms with van der Waals surface area (Å²) in [5.41, 5.74) is 0. The second-order valence-electron chi connectivity index (χ2n) is 4.47. The zero-order chi connectivity index (χ0) is 13.5. The van der Waals surface area contributed by atoms with E-state index in [2.05, 4.69) is 16.0 Å². The molecule has 0 spiro atoms. The van der Waals surface area contributed by atoms with E-state index in [1.165, 1.54) is 0 Å². The quantitative estimate of drug-likeness (QED) is 0.568. The van der Waals surface area contributed by atoms with Crippen molar-refractivity contribution in [3.63, 3.8) is 0 Å². The Kier molecular flexibility index (Phi) is 5.77. The van der Waals surface area contributed by atoms with Crippen LogP contribution in [-0.2, 0) is 14.4 Å². The molecule has 0 radical (unpaired) electrons. The lowest BCUT2D eigenvalue weighted by atomic mass is 10.1. The fraction of sp³-hybridized carbons (Fsp3) is 0.750. The highest BCUT2D eigenvalue weighted by molar-refractivity contribution is 6.00. The monoisotopic (exact) mass is 255 g/mol. The summed E-state index contributed by atoms with van der Waals surface area (Å²) in [5.74, 6) is -0.713. The van der Waals surface area contributed by atoms with Crippen molar-refractivity contribution in [2.24, 2.45) is 0 Å². The third-order valence-corrected chi connectivity index (χ3v) is 3.10. The molecule has 18 heavy (non-hydrogen) atoms. The van der Waals surface area contributed by atoms with Crippen molar-refractivity contribution in [2.75, 3.05) is 6.54 Å². The molecule has 6 nitrogen and oxygen atoms in total. The van der Waals surface area contributed by atoms with Crippen LogP contribution in [0.2, 0.25) is 0 Å². The maximum Gasteiger partial charge on any atom is 0.243 e. The fourth-order valence-electron chi connectivity index (χ4n) is 1.88. The molecule has 0 aromatic rings. The Morgan fingerprint density at radius 3 is 2.61 bits per heavy atom. The van der Waals surface area contributed by atoms with Crippen LogP contribution in [0, 0.1) is 0 Å². The largest absolute Gasteiger partial charge is 0.352 e. The summed E-state index contributed by atoms with van der Waals surface area (Å²) < 4.78 is 0. The Bertz CT molecular complexity index is 327. The average molecular weight is 255 g/mol. The molecule has 1 unspecified atom stereocenters. The lowest BCUT2D eigenvalue weighted by Gasteiger charge is -2.22. The normalized spacial score (nSPS) is 19.8. The van der Waals surface area contributed by atoms with Crippen LogP contribution in [0.3, 0.4) is 0 Å². The van der Waals surface area contributed by atoms with Crippen molar-refractivity contribution in [1.29, 1.82) is 0 Å². The van der Waals surface area contributed by atoms with Gasteiger partial charge in [0.2, 0.25) is 17.7 Å². The fourth-order valence-corrected chi connectivity index (χ4v) is 1.88. The number of carbonyl (C=O) groups excluding carboxylic acids is 3. The molecule has 0 saturated carbocycles. The highest BCUT2D eigenvalue weighted by Gasteiger charge is 2.26. The molecule has 3 amide bonds. The summed E-state index contributed by atoms with van der Waals surface area (Å²) >= 11 is 0. The maximum atomic E-state index is 11.6. The standard InChI is InChI=1S/C12H21N3O3/c1-3-8(4-2)14-11(17)7-13-9-5-6-10(16)15-12(9)18/h8-9,13H,3-7H2,1-2H3,(H,14,17)(H,15,16,18). The van der Waals surface area contributed by atoms with E-state index in [-0.39, 0.29) is 30.3 Å². The van der Waals surface area contributed by atoms with Gasteiger partial charge in [-0.2, -0.15) is 0 Å². The summed E-state index contributed by atoms with van der Waals surface area (Å²) in [6.07, 6.45) is 2.54. The first-order valence-electron chi connectivity index (χ1n) is 6.43. The van der Waals surface area contributed by atoms with Gasteiger partial charge in [-0.1, -0.05) is 13.8 Å². The number of hydrogen-bond donors (Lipinski definition) is 3. The summed E-state index contributed by atoms with van der Waals surface area (Å²) in [6.45, 7) is 4.13. The Balaban J connectivity index is 2.30. The molecule has 0 aromatic heterocycles. The highest BCUT2D eigenvalue weighted by atomic mass is 16.2. The van der Waals surface area contributed by atoms with Gasteiger partial charge >= 0.3 is 0 Å². The van der Waals surface area contributed by atoms with E-state index in [4.69, 9.17) is 0 Å². The molecule has 1 rings (SSSR count). The van der Waals surface area contributed by atoms with Crippen LogP contribution in [0.4, 0.5) is 0 Å². The van der Waals surface area contributed by atoms with Gasteiger partial charge in [0.1, 0.15) is 0 Å². The maximum absolute atomic E-state index is 11.6. The van der Waals surface area contributed by atoms with Gasteiger partial charge in [0.15, 0.2) is 0 Å². The molecule has 1 heterocycles. The third-order valence-electron chi connectivity index (χ3n) is 3.10. The first kappa shape index (κ1) is 14.6. The molecule has 0 bridgehead atoms. The van der Waals surface area contributed by atoms with Gasteiger partial charge < -0.3 is 5.32 Å². The molecule has 1 atom stereocenters. The SMILES string of the molecule is CCC(CC)NC(=O)CNC1CCC(=O)NC1=O. The minimum absolute atomic E-state index is 0.1000. The number of imide groups is 1. The predicted octanol–water partition coefficient (Wildman–Crippen LogP) is -0.314. The molecular weight excluding hydrogens is 234 g/mol. The van der Waals surface area contributed by atoms with Gasteiger partial charge in [0, 0.05) is 12.5 Å². The number of rotatable bonds is 6. The molecule has 3 N–H and O–H groups in total. The molecule has 1 aliphatic rings. The van der Waals surface area contributed by atoms with E-state index in [9.17, 15) is 14.4 Å². The molecule has 1 saturated heterocycles. The Hall–Kier alpha value is -1.43.